The largest absolute Gasteiger partial charge is 0.354 e. The summed E-state index contributed by atoms with van der Waals surface area (Å²) in [7, 11) is 1.80. The van der Waals surface area contributed by atoms with Crippen molar-refractivity contribution in [2.75, 3.05) is 6.54 Å². The number of piperidine rings is 1. The van der Waals surface area contributed by atoms with Crippen molar-refractivity contribution >= 4 is 11.8 Å². The standard InChI is InChI=1S/C14H17N5O2/c1-18-14(19-6-2-3-7-19)11(9-16-18)13(21)17-10-4-5-12(20)15-8-10/h2-3,6-7,9-10H,4-5,8H2,1H3,(H,15,20)(H,17,21). The summed E-state index contributed by atoms with van der Waals surface area (Å²) in [6.45, 7) is 0.476. The Morgan fingerprint density at radius 3 is 2.86 bits per heavy atom. The Labute approximate surface area is 121 Å². The van der Waals surface area contributed by atoms with Crippen LogP contribution in [0.5, 0.6) is 0 Å². The number of hydrogen-bond acceptors (Lipinski definition) is 3. The molecule has 2 amide bonds. The number of aromatic nitrogens is 3. The molecule has 1 saturated heterocycles. The Morgan fingerprint density at radius 2 is 2.19 bits per heavy atom. The van der Waals surface area contributed by atoms with E-state index in [1.54, 1.807) is 17.9 Å². The van der Waals surface area contributed by atoms with Gasteiger partial charge in [0.25, 0.3) is 5.91 Å². The lowest BCUT2D eigenvalue weighted by atomic mass is 10.1. The van der Waals surface area contributed by atoms with Gasteiger partial charge in [0.05, 0.1) is 6.20 Å². The first-order valence-electron chi connectivity index (χ1n) is 6.88. The highest BCUT2D eigenvalue weighted by atomic mass is 16.2. The highest BCUT2D eigenvalue weighted by Gasteiger charge is 2.23. The maximum atomic E-state index is 12.4. The van der Waals surface area contributed by atoms with E-state index < -0.39 is 0 Å². The summed E-state index contributed by atoms with van der Waals surface area (Å²) in [5, 5.41) is 9.87. The van der Waals surface area contributed by atoms with Crippen molar-refractivity contribution in [1.29, 1.82) is 0 Å². The maximum Gasteiger partial charge on any atom is 0.256 e. The molecule has 1 atom stereocenters. The molecular weight excluding hydrogens is 270 g/mol. The first-order valence-corrected chi connectivity index (χ1v) is 6.88. The molecule has 3 rings (SSSR count). The van der Waals surface area contributed by atoms with E-state index in [2.05, 4.69) is 15.7 Å². The van der Waals surface area contributed by atoms with Crippen molar-refractivity contribution in [3.8, 4) is 5.82 Å². The van der Waals surface area contributed by atoms with Gasteiger partial charge in [0.15, 0.2) is 0 Å². The minimum atomic E-state index is -0.173. The van der Waals surface area contributed by atoms with E-state index in [0.717, 1.165) is 5.82 Å². The SMILES string of the molecule is Cn1ncc(C(=O)NC2CCC(=O)NC2)c1-n1cccc1. The van der Waals surface area contributed by atoms with Crippen molar-refractivity contribution in [2.45, 2.75) is 18.9 Å². The predicted molar refractivity (Wildman–Crippen MR) is 76.0 cm³/mol. The summed E-state index contributed by atoms with van der Waals surface area (Å²) < 4.78 is 3.52. The lowest BCUT2D eigenvalue weighted by Gasteiger charge is -2.23. The molecule has 1 unspecified atom stereocenters. The van der Waals surface area contributed by atoms with Crippen LogP contribution in [-0.2, 0) is 11.8 Å². The molecule has 2 aromatic heterocycles. The van der Waals surface area contributed by atoms with E-state index in [1.807, 2.05) is 29.1 Å². The fraction of sp³-hybridized carbons (Fsp3) is 0.357. The molecule has 2 aromatic rings. The van der Waals surface area contributed by atoms with Gasteiger partial charge in [0.1, 0.15) is 11.4 Å². The number of amides is 2. The van der Waals surface area contributed by atoms with Gasteiger partial charge in [-0.3, -0.25) is 14.3 Å². The lowest BCUT2D eigenvalue weighted by Crippen LogP contribution is -2.47. The minimum Gasteiger partial charge on any atom is -0.354 e. The first kappa shape index (κ1) is 13.4. The van der Waals surface area contributed by atoms with Crippen LogP contribution in [0.25, 0.3) is 5.82 Å². The number of carbonyl (C=O) groups is 2. The van der Waals surface area contributed by atoms with Crippen molar-refractivity contribution in [2.24, 2.45) is 7.05 Å². The van der Waals surface area contributed by atoms with Gasteiger partial charge in [-0.05, 0) is 18.6 Å². The maximum absolute atomic E-state index is 12.4. The highest BCUT2D eigenvalue weighted by molar-refractivity contribution is 5.97. The summed E-state index contributed by atoms with van der Waals surface area (Å²) in [4.78, 5) is 23.6. The average Bonchev–Trinajstić information content (AvgIpc) is 3.10. The lowest BCUT2D eigenvalue weighted by molar-refractivity contribution is -0.122. The number of carbonyl (C=O) groups excluding carboxylic acids is 2. The second kappa shape index (κ2) is 5.43. The van der Waals surface area contributed by atoms with Crippen LogP contribution in [0.15, 0.2) is 30.7 Å². The molecule has 3 heterocycles. The van der Waals surface area contributed by atoms with Gasteiger partial charge in [0, 0.05) is 38.4 Å². The third-order valence-electron chi connectivity index (χ3n) is 3.60. The van der Waals surface area contributed by atoms with Crippen LogP contribution in [0.4, 0.5) is 0 Å². The van der Waals surface area contributed by atoms with Crippen LogP contribution in [0.2, 0.25) is 0 Å². The molecular formula is C14H17N5O2. The Hall–Kier alpha value is -2.57. The van der Waals surface area contributed by atoms with Crippen LogP contribution in [-0.4, -0.2) is 38.7 Å². The first-order chi connectivity index (χ1) is 10.1. The molecule has 1 aliphatic heterocycles. The highest BCUT2D eigenvalue weighted by Crippen LogP contribution is 2.14. The monoisotopic (exact) mass is 287 g/mol. The van der Waals surface area contributed by atoms with Crippen molar-refractivity contribution < 1.29 is 9.59 Å². The van der Waals surface area contributed by atoms with Crippen LogP contribution in [0, 0.1) is 0 Å². The third-order valence-corrected chi connectivity index (χ3v) is 3.60. The smallest absolute Gasteiger partial charge is 0.256 e. The average molecular weight is 287 g/mol. The Bertz CT molecular complexity index is 649. The molecule has 0 aromatic carbocycles. The molecule has 2 N–H and O–H groups in total. The van der Waals surface area contributed by atoms with Gasteiger partial charge >= 0.3 is 0 Å². The zero-order valence-electron chi connectivity index (χ0n) is 11.7. The van der Waals surface area contributed by atoms with Crippen LogP contribution in [0.1, 0.15) is 23.2 Å². The number of hydrogen-bond donors (Lipinski definition) is 2. The second-order valence-electron chi connectivity index (χ2n) is 5.11. The zero-order valence-corrected chi connectivity index (χ0v) is 11.7. The van der Waals surface area contributed by atoms with E-state index in [-0.39, 0.29) is 17.9 Å². The number of rotatable bonds is 3. The molecule has 0 bridgehead atoms. The Morgan fingerprint density at radius 1 is 1.43 bits per heavy atom. The quantitative estimate of drug-likeness (QED) is 0.847. The molecule has 21 heavy (non-hydrogen) atoms. The molecule has 1 aliphatic rings. The summed E-state index contributed by atoms with van der Waals surface area (Å²) in [5.74, 6) is 0.584. The van der Waals surface area contributed by atoms with Crippen molar-refractivity contribution in [3.05, 3.63) is 36.3 Å². The molecule has 7 nitrogen and oxygen atoms in total. The van der Waals surface area contributed by atoms with Crippen molar-refractivity contribution in [1.82, 2.24) is 25.0 Å². The molecule has 0 spiro atoms. The fourth-order valence-electron chi connectivity index (χ4n) is 2.49. The number of aryl methyl sites for hydroxylation is 1. The van der Waals surface area contributed by atoms with Gasteiger partial charge < -0.3 is 15.2 Å². The van der Waals surface area contributed by atoms with Crippen LogP contribution in [0.3, 0.4) is 0 Å². The Kier molecular flexibility index (Phi) is 3.47. The topological polar surface area (TPSA) is 80.9 Å². The molecule has 7 heteroatoms. The van der Waals surface area contributed by atoms with Gasteiger partial charge in [0.2, 0.25) is 5.91 Å². The van der Waals surface area contributed by atoms with Gasteiger partial charge in [-0.25, -0.2) is 0 Å². The van der Waals surface area contributed by atoms with Gasteiger partial charge in [-0.15, -0.1) is 0 Å². The predicted octanol–water partition coefficient (Wildman–Crippen LogP) is 0.219. The normalized spacial score (nSPS) is 18.3. The van der Waals surface area contributed by atoms with E-state index in [1.165, 1.54) is 0 Å². The number of nitrogens with one attached hydrogen (secondary N) is 2. The molecule has 110 valence electrons. The summed E-state index contributed by atoms with van der Waals surface area (Å²) in [6, 6.07) is 3.75. The van der Waals surface area contributed by atoms with E-state index in [9.17, 15) is 9.59 Å². The van der Waals surface area contributed by atoms with E-state index in [4.69, 9.17) is 0 Å². The third kappa shape index (κ3) is 2.67. The Balaban J connectivity index is 1.78. The molecule has 0 aliphatic carbocycles. The minimum absolute atomic E-state index is 0.0343. The van der Waals surface area contributed by atoms with Crippen LogP contribution >= 0.6 is 0 Å². The van der Waals surface area contributed by atoms with Crippen LogP contribution < -0.4 is 10.6 Å². The van der Waals surface area contributed by atoms with Gasteiger partial charge in [-0.2, -0.15) is 5.10 Å². The fourth-order valence-corrected chi connectivity index (χ4v) is 2.49. The van der Waals surface area contributed by atoms with E-state index in [0.29, 0.717) is 24.9 Å². The second-order valence-corrected chi connectivity index (χ2v) is 5.11. The molecule has 0 radical (unpaired) electrons. The zero-order chi connectivity index (χ0) is 14.8. The van der Waals surface area contributed by atoms with Gasteiger partial charge in [-0.1, -0.05) is 0 Å². The summed E-state index contributed by atoms with van der Waals surface area (Å²) in [6.07, 6.45) is 6.41. The van der Waals surface area contributed by atoms with E-state index >= 15 is 0 Å². The molecule has 1 fully saturated rings. The molecule has 0 saturated carbocycles. The van der Waals surface area contributed by atoms with Crippen molar-refractivity contribution in [3.63, 3.8) is 0 Å². The summed E-state index contributed by atoms with van der Waals surface area (Å²) in [5.41, 5.74) is 0.519. The number of nitrogens with zero attached hydrogens (tertiary/aromatic N) is 3. The summed E-state index contributed by atoms with van der Waals surface area (Å²) >= 11 is 0.